The van der Waals surface area contributed by atoms with Gasteiger partial charge in [-0.2, -0.15) is 0 Å². The minimum absolute atomic E-state index is 0.0879. The number of amides is 1. The van der Waals surface area contributed by atoms with Crippen molar-refractivity contribution in [3.05, 3.63) is 0 Å². The Labute approximate surface area is 103 Å². The topological polar surface area (TPSA) is 59.0 Å². The summed E-state index contributed by atoms with van der Waals surface area (Å²) in [6, 6.07) is 0. The summed E-state index contributed by atoms with van der Waals surface area (Å²) in [5, 5.41) is 9.09. The molecule has 1 heterocycles. The second kappa shape index (κ2) is 4.82. The van der Waals surface area contributed by atoms with E-state index in [1.807, 2.05) is 34.6 Å². The van der Waals surface area contributed by atoms with Gasteiger partial charge < -0.3 is 14.6 Å². The number of carbonyl (C=O) groups is 1. The van der Waals surface area contributed by atoms with Gasteiger partial charge in [0.1, 0.15) is 5.60 Å². The molecule has 0 radical (unpaired) electrons. The smallest absolute Gasteiger partial charge is 0.410 e. The van der Waals surface area contributed by atoms with Crippen molar-refractivity contribution in [3.63, 3.8) is 0 Å². The highest BCUT2D eigenvalue weighted by Gasteiger charge is 2.39. The van der Waals surface area contributed by atoms with Crippen LogP contribution in [0.5, 0.6) is 0 Å². The van der Waals surface area contributed by atoms with Crippen LogP contribution in [0.25, 0.3) is 0 Å². The van der Waals surface area contributed by atoms with Crippen molar-refractivity contribution < 1.29 is 19.4 Å². The number of morpholine rings is 1. The Bertz CT molecular complexity index is 283. The maximum Gasteiger partial charge on any atom is 0.410 e. The molecular formula is C12H23NO4. The number of carbonyl (C=O) groups excluding carboxylic acids is 1. The number of hydrogen-bond acceptors (Lipinski definition) is 4. The highest BCUT2D eigenvalue weighted by Crippen LogP contribution is 2.24. The lowest BCUT2D eigenvalue weighted by atomic mass is 10.0. The summed E-state index contributed by atoms with van der Waals surface area (Å²) in [6.45, 7) is 10.0. The molecule has 0 aromatic carbocycles. The molecule has 5 heteroatoms. The first kappa shape index (κ1) is 14.3. The molecular weight excluding hydrogens is 222 g/mol. The summed E-state index contributed by atoms with van der Waals surface area (Å²) in [6.07, 6.45) is -0.681. The van der Waals surface area contributed by atoms with Gasteiger partial charge in [0.2, 0.25) is 0 Å². The molecule has 0 unspecified atom stereocenters. The summed E-state index contributed by atoms with van der Waals surface area (Å²) in [7, 11) is 0. The van der Waals surface area contributed by atoms with Gasteiger partial charge in [0.15, 0.2) is 0 Å². The van der Waals surface area contributed by atoms with Crippen LogP contribution in [0.3, 0.4) is 0 Å². The Balaban J connectivity index is 2.74. The average Bonchev–Trinajstić information content (AvgIpc) is 2.14. The lowest BCUT2D eigenvalue weighted by Gasteiger charge is -2.44. The Kier molecular flexibility index (Phi) is 4.04. The van der Waals surface area contributed by atoms with Crippen molar-refractivity contribution >= 4 is 6.09 Å². The van der Waals surface area contributed by atoms with Crippen LogP contribution in [-0.4, -0.2) is 53.1 Å². The lowest BCUT2D eigenvalue weighted by Crippen LogP contribution is -2.59. The molecule has 1 atom stereocenters. The largest absolute Gasteiger partial charge is 0.444 e. The van der Waals surface area contributed by atoms with Crippen LogP contribution in [0.15, 0.2) is 0 Å². The van der Waals surface area contributed by atoms with Crippen LogP contribution in [0.4, 0.5) is 4.79 Å². The minimum Gasteiger partial charge on any atom is -0.444 e. The molecule has 1 fully saturated rings. The SMILES string of the molecule is CC(C)(C)OC(=O)N1C[C@H](CO)OCC1(C)C. The van der Waals surface area contributed by atoms with Gasteiger partial charge >= 0.3 is 6.09 Å². The first-order valence-corrected chi connectivity index (χ1v) is 5.89. The number of rotatable bonds is 1. The fourth-order valence-corrected chi connectivity index (χ4v) is 1.65. The van der Waals surface area contributed by atoms with E-state index in [1.165, 1.54) is 0 Å². The third-order valence-electron chi connectivity index (χ3n) is 2.61. The molecule has 0 aromatic rings. The highest BCUT2D eigenvalue weighted by atomic mass is 16.6. The summed E-state index contributed by atoms with van der Waals surface area (Å²) in [4.78, 5) is 13.7. The summed E-state index contributed by atoms with van der Waals surface area (Å²) in [5.41, 5.74) is -0.922. The van der Waals surface area contributed by atoms with Crippen molar-refractivity contribution in [2.24, 2.45) is 0 Å². The second-order valence-electron chi connectivity index (χ2n) is 6.02. The number of ether oxygens (including phenoxy) is 2. The van der Waals surface area contributed by atoms with Crippen LogP contribution in [-0.2, 0) is 9.47 Å². The lowest BCUT2D eigenvalue weighted by molar-refractivity contribution is -0.111. The maximum atomic E-state index is 12.1. The van der Waals surface area contributed by atoms with Crippen molar-refractivity contribution in [3.8, 4) is 0 Å². The molecule has 5 nitrogen and oxygen atoms in total. The standard InChI is InChI=1S/C12H23NO4/c1-11(2,3)17-10(15)13-6-9(7-14)16-8-12(13,4)5/h9,14H,6-8H2,1-5H3/t9-/m1/s1. The molecule has 1 N–H and O–H groups in total. The van der Waals surface area contributed by atoms with Gasteiger partial charge in [-0.1, -0.05) is 0 Å². The van der Waals surface area contributed by atoms with E-state index in [9.17, 15) is 4.79 Å². The van der Waals surface area contributed by atoms with Gasteiger partial charge in [0.05, 0.1) is 31.4 Å². The fourth-order valence-electron chi connectivity index (χ4n) is 1.65. The Morgan fingerprint density at radius 2 is 2.12 bits per heavy atom. The molecule has 1 aliphatic rings. The molecule has 17 heavy (non-hydrogen) atoms. The number of aliphatic hydroxyl groups excluding tert-OH is 1. The zero-order valence-electron chi connectivity index (χ0n) is 11.3. The average molecular weight is 245 g/mol. The van der Waals surface area contributed by atoms with E-state index in [0.717, 1.165) is 0 Å². The first-order valence-electron chi connectivity index (χ1n) is 5.89. The van der Waals surface area contributed by atoms with E-state index in [0.29, 0.717) is 13.2 Å². The quantitative estimate of drug-likeness (QED) is 0.758. The van der Waals surface area contributed by atoms with Gasteiger partial charge in [-0.25, -0.2) is 4.79 Å². The van der Waals surface area contributed by atoms with Crippen LogP contribution in [0, 0.1) is 0 Å². The summed E-state index contributed by atoms with van der Waals surface area (Å²) >= 11 is 0. The van der Waals surface area contributed by atoms with Gasteiger partial charge in [0, 0.05) is 0 Å². The predicted molar refractivity (Wildman–Crippen MR) is 63.8 cm³/mol. The molecule has 0 bridgehead atoms. The zero-order chi connectivity index (χ0) is 13.3. The van der Waals surface area contributed by atoms with E-state index in [-0.39, 0.29) is 18.8 Å². The maximum absolute atomic E-state index is 12.1. The van der Waals surface area contributed by atoms with Crippen LogP contribution in [0.2, 0.25) is 0 Å². The molecule has 0 aliphatic carbocycles. The molecule has 0 spiro atoms. The third-order valence-corrected chi connectivity index (χ3v) is 2.61. The number of nitrogens with zero attached hydrogens (tertiary/aromatic N) is 1. The number of aliphatic hydroxyl groups is 1. The van der Waals surface area contributed by atoms with Crippen molar-refractivity contribution in [2.45, 2.75) is 51.9 Å². The highest BCUT2D eigenvalue weighted by molar-refractivity contribution is 5.69. The molecule has 1 saturated heterocycles. The predicted octanol–water partition coefficient (Wildman–Crippen LogP) is 1.39. The Hall–Kier alpha value is -0.810. The molecule has 0 saturated carbocycles. The Morgan fingerprint density at radius 3 is 2.59 bits per heavy atom. The van der Waals surface area contributed by atoms with Crippen molar-refractivity contribution in [1.82, 2.24) is 4.90 Å². The van der Waals surface area contributed by atoms with Crippen LogP contribution in [0.1, 0.15) is 34.6 Å². The molecule has 0 aromatic heterocycles. The van der Waals surface area contributed by atoms with Crippen LogP contribution < -0.4 is 0 Å². The molecule has 1 aliphatic heterocycles. The molecule has 1 amide bonds. The van der Waals surface area contributed by atoms with Gasteiger partial charge in [-0.05, 0) is 34.6 Å². The Morgan fingerprint density at radius 1 is 1.53 bits per heavy atom. The zero-order valence-corrected chi connectivity index (χ0v) is 11.3. The minimum atomic E-state index is -0.514. The second-order valence-corrected chi connectivity index (χ2v) is 6.02. The van der Waals surface area contributed by atoms with Crippen LogP contribution >= 0.6 is 0 Å². The van der Waals surface area contributed by atoms with Crippen molar-refractivity contribution in [2.75, 3.05) is 19.8 Å². The van der Waals surface area contributed by atoms with Gasteiger partial charge in [0.25, 0.3) is 0 Å². The molecule has 100 valence electrons. The number of hydrogen-bond donors (Lipinski definition) is 1. The first-order chi connectivity index (χ1) is 7.65. The van der Waals surface area contributed by atoms with Crippen molar-refractivity contribution in [1.29, 1.82) is 0 Å². The molecule has 1 rings (SSSR count). The monoisotopic (exact) mass is 245 g/mol. The summed E-state index contributed by atoms with van der Waals surface area (Å²) in [5.74, 6) is 0. The third kappa shape index (κ3) is 3.85. The van der Waals surface area contributed by atoms with E-state index in [1.54, 1.807) is 4.90 Å². The van der Waals surface area contributed by atoms with E-state index in [4.69, 9.17) is 14.6 Å². The fraction of sp³-hybridized carbons (Fsp3) is 0.917. The van der Waals surface area contributed by atoms with Gasteiger partial charge in [-0.3, -0.25) is 4.90 Å². The van der Waals surface area contributed by atoms with E-state index >= 15 is 0 Å². The van der Waals surface area contributed by atoms with E-state index in [2.05, 4.69) is 0 Å². The van der Waals surface area contributed by atoms with E-state index < -0.39 is 11.1 Å². The summed E-state index contributed by atoms with van der Waals surface area (Å²) < 4.78 is 10.8. The normalized spacial score (nSPS) is 24.6. The van der Waals surface area contributed by atoms with Gasteiger partial charge in [-0.15, -0.1) is 0 Å².